The van der Waals surface area contributed by atoms with Crippen LogP contribution >= 0.6 is 0 Å². The fourth-order valence-corrected chi connectivity index (χ4v) is 4.83. The summed E-state index contributed by atoms with van der Waals surface area (Å²) in [6, 6.07) is 0. The summed E-state index contributed by atoms with van der Waals surface area (Å²) in [4.78, 5) is 25.4. The second-order valence-electron chi connectivity index (χ2n) is 7.50. The topological polar surface area (TPSA) is 52.6 Å². The van der Waals surface area contributed by atoms with E-state index >= 15 is 0 Å². The Bertz CT molecular complexity index is 432. The lowest BCUT2D eigenvalue weighted by atomic mass is 9.42. The van der Waals surface area contributed by atoms with Gasteiger partial charge in [-0.25, -0.2) is 0 Å². The van der Waals surface area contributed by atoms with E-state index in [1.54, 1.807) is 0 Å². The molecule has 0 unspecified atom stereocenters. The summed E-state index contributed by atoms with van der Waals surface area (Å²) in [5.41, 5.74) is -0.262. The largest absolute Gasteiger partial charge is 0.466 e. The molecular weight excluding hydrogens is 280 g/mol. The second-order valence-corrected chi connectivity index (χ2v) is 7.50. The monoisotopic (exact) mass is 310 g/mol. The average molecular weight is 310 g/mol. The molecule has 0 saturated heterocycles. The first kappa shape index (κ1) is 17.3. The van der Waals surface area contributed by atoms with E-state index in [0.717, 1.165) is 25.7 Å². The molecule has 2 atom stereocenters. The van der Waals surface area contributed by atoms with E-state index in [0.29, 0.717) is 19.1 Å². The van der Waals surface area contributed by atoms with Crippen LogP contribution < -0.4 is 0 Å². The molecule has 0 spiro atoms. The molecule has 0 aromatic carbocycles. The van der Waals surface area contributed by atoms with Gasteiger partial charge in [0.15, 0.2) is 0 Å². The summed E-state index contributed by atoms with van der Waals surface area (Å²) in [5.74, 6) is -0.800. The highest BCUT2D eigenvalue weighted by atomic mass is 16.5. The van der Waals surface area contributed by atoms with Gasteiger partial charge in [-0.2, -0.15) is 0 Å². The molecule has 4 heteroatoms. The zero-order valence-corrected chi connectivity index (χ0v) is 14.6. The van der Waals surface area contributed by atoms with Gasteiger partial charge in [-0.05, 0) is 56.3 Å². The van der Waals surface area contributed by atoms with E-state index in [1.165, 1.54) is 0 Å². The van der Waals surface area contributed by atoms with Gasteiger partial charge in [-0.1, -0.05) is 20.8 Å². The first-order valence-corrected chi connectivity index (χ1v) is 8.65. The highest BCUT2D eigenvalue weighted by molar-refractivity contribution is 5.84. The third kappa shape index (κ3) is 2.55. The van der Waals surface area contributed by atoms with E-state index in [-0.39, 0.29) is 34.6 Å². The minimum Gasteiger partial charge on any atom is -0.466 e. The van der Waals surface area contributed by atoms with Crippen molar-refractivity contribution >= 4 is 11.9 Å². The molecule has 3 aliphatic rings. The van der Waals surface area contributed by atoms with Gasteiger partial charge >= 0.3 is 11.9 Å². The smallest absolute Gasteiger partial charge is 0.310 e. The Kier molecular flexibility index (Phi) is 4.88. The van der Waals surface area contributed by atoms with E-state index < -0.39 is 0 Å². The lowest BCUT2D eigenvalue weighted by molar-refractivity contribution is -0.198. The Labute approximate surface area is 133 Å². The van der Waals surface area contributed by atoms with Crippen LogP contribution in [0.5, 0.6) is 0 Å². The van der Waals surface area contributed by atoms with Gasteiger partial charge in [0.25, 0.3) is 0 Å². The quantitative estimate of drug-likeness (QED) is 0.728. The van der Waals surface area contributed by atoms with Gasteiger partial charge in [0.2, 0.25) is 0 Å². The van der Waals surface area contributed by atoms with Gasteiger partial charge in [0.1, 0.15) is 0 Å². The molecule has 0 radical (unpaired) electrons. The minimum absolute atomic E-state index is 0.124. The van der Waals surface area contributed by atoms with E-state index in [4.69, 9.17) is 9.47 Å². The Morgan fingerprint density at radius 3 is 1.82 bits per heavy atom. The summed E-state index contributed by atoms with van der Waals surface area (Å²) >= 11 is 0. The van der Waals surface area contributed by atoms with E-state index in [1.807, 2.05) is 13.8 Å². The number of hydrogen-bond acceptors (Lipinski definition) is 4. The number of fused-ring (bicyclic) bond motifs is 3. The molecule has 0 aromatic rings. The molecule has 4 nitrogen and oxygen atoms in total. The van der Waals surface area contributed by atoms with Gasteiger partial charge in [-0.15, -0.1) is 0 Å². The predicted octanol–water partition coefficient (Wildman–Crippen LogP) is 3.58. The van der Waals surface area contributed by atoms with Gasteiger partial charge in [0.05, 0.1) is 25.0 Å². The Balaban J connectivity index is 2.46. The van der Waals surface area contributed by atoms with Crippen molar-refractivity contribution in [3.63, 3.8) is 0 Å². The molecule has 126 valence electrons. The molecule has 0 heterocycles. The molecule has 0 aliphatic heterocycles. The lowest BCUT2D eigenvalue weighted by Crippen LogP contribution is -2.60. The fourth-order valence-electron chi connectivity index (χ4n) is 4.83. The van der Waals surface area contributed by atoms with Crippen LogP contribution in [0.2, 0.25) is 0 Å². The van der Waals surface area contributed by atoms with Crippen molar-refractivity contribution in [2.24, 2.45) is 28.6 Å². The standard InChI is InChI=1S/C18H30O4/c1-6-21-15(19)13-14(16(20)22-7-2)18(12(3)4)10-8-17(13,5)9-11-18/h12-14H,6-11H2,1-5H3/t13-,14-,17?,18?/m0/s1. The maximum absolute atomic E-state index is 12.7. The summed E-state index contributed by atoms with van der Waals surface area (Å²) in [5, 5.41) is 0. The number of carbonyl (C=O) groups excluding carboxylic acids is 2. The molecule has 3 rings (SSSR count). The van der Waals surface area contributed by atoms with E-state index in [2.05, 4.69) is 20.8 Å². The summed E-state index contributed by atoms with van der Waals surface area (Å²) in [6.07, 6.45) is 3.98. The maximum Gasteiger partial charge on any atom is 0.310 e. The highest BCUT2D eigenvalue weighted by Crippen LogP contribution is 2.65. The molecule has 2 bridgehead atoms. The van der Waals surface area contributed by atoms with Crippen molar-refractivity contribution in [1.29, 1.82) is 0 Å². The lowest BCUT2D eigenvalue weighted by Gasteiger charge is -2.60. The zero-order valence-electron chi connectivity index (χ0n) is 14.6. The Hall–Kier alpha value is -1.06. The van der Waals surface area contributed by atoms with Crippen molar-refractivity contribution < 1.29 is 19.1 Å². The van der Waals surface area contributed by atoms with E-state index in [9.17, 15) is 9.59 Å². The predicted molar refractivity (Wildman–Crippen MR) is 84.1 cm³/mol. The SMILES string of the molecule is CCOC(=O)[C@@H]1[C@@H](C(=O)OCC)C2(C(C)C)CCC1(C)CC2. The first-order valence-electron chi connectivity index (χ1n) is 8.65. The summed E-state index contributed by atoms with van der Waals surface area (Å²) in [7, 11) is 0. The number of ether oxygens (including phenoxy) is 2. The fraction of sp³-hybridized carbons (Fsp3) is 0.889. The average Bonchev–Trinajstić information content (AvgIpc) is 2.47. The molecule has 3 saturated carbocycles. The first-order chi connectivity index (χ1) is 10.3. The maximum atomic E-state index is 12.7. The van der Waals surface area contributed by atoms with Crippen molar-refractivity contribution in [2.45, 2.75) is 60.3 Å². The third-order valence-corrected chi connectivity index (χ3v) is 6.26. The van der Waals surface area contributed by atoms with Crippen molar-refractivity contribution in [3.8, 4) is 0 Å². The number of rotatable bonds is 5. The van der Waals surface area contributed by atoms with Crippen LogP contribution in [0.3, 0.4) is 0 Å². The van der Waals surface area contributed by atoms with Crippen molar-refractivity contribution in [1.82, 2.24) is 0 Å². The molecular formula is C18H30O4. The summed E-state index contributed by atoms with van der Waals surface area (Å²) in [6.45, 7) is 10.8. The van der Waals surface area contributed by atoms with Gasteiger partial charge < -0.3 is 9.47 Å². The second kappa shape index (κ2) is 6.21. The normalized spacial score (nSPS) is 37.2. The van der Waals surface area contributed by atoms with Gasteiger partial charge in [-0.3, -0.25) is 9.59 Å². The molecule has 3 aliphatic carbocycles. The van der Waals surface area contributed by atoms with Crippen LogP contribution in [-0.4, -0.2) is 25.2 Å². The summed E-state index contributed by atoms with van der Waals surface area (Å²) < 4.78 is 10.7. The van der Waals surface area contributed by atoms with Crippen LogP contribution in [0.25, 0.3) is 0 Å². The van der Waals surface area contributed by atoms with Crippen LogP contribution in [0.15, 0.2) is 0 Å². The minimum atomic E-state index is -0.364. The Morgan fingerprint density at radius 2 is 1.41 bits per heavy atom. The number of carbonyl (C=O) groups is 2. The van der Waals surface area contributed by atoms with Crippen LogP contribution in [0.1, 0.15) is 60.3 Å². The molecule has 0 N–H and O–H groups in total. The molecule has 0 aromatic heterocycles. The van der Waals surface area contributed by atoms with Crippen LogP contribution in [0.4, 0.5) is 0 Å². The molecule has 22 heavy (non-hydrogen) atoms. The highest BCUT2D eigenvalue weighted by Gasteiger charge is 2.64. The van der Waals surface area contributed by atoms with Crippen LogP contribution in [-0.2, 0) is 19.1 Å². The number of hydrogen-bond donors (Lipinski definition) is 0. The third-order valence-electron chi connectivity index (χ3n) is 6.26. The van der Waals surface area contributed by atoms with Crippen LogP contribution in [0, 0.1) is 28.6 Å². The van der Waals surface area contributed by atoms with Gasteiger partial charge in [0, 0.05) is 0 Å². The van der Waals surface area contributed by atoms with Crippen molar-refractivity contribution in [3.05, 3.63) is 0 Å². The molecule has 0 amide bonds. The van der Waals surface area contributed by atoms with Crippen molar-refractivity contribution in [2.75, 3.05) is 13.2 Å². The zero-order chi connectivity index (χ0) is 16.5. The molecule has 3 fully saturated rings. The Morgan fingerprint density at radius 1 is 0.955 bits per heavy atom. The number of esters is 2.